The van der Waals surface area contributed by atoms with E-state index in [2.05, 4.69) is 58.2 Å². The summed E-state index contributed by atoms with van der Waals surface area (Å²) in [6.07, 6.45) is -6.20. The summed E-state index contributed by atoms with van der Waals surface area (Å²) in [6, 6.07) is 11.5. The van der Waals surface area contributed by atoms with Crippen LogP contribution < -0.4 is 58.9 Å². The topological polar surface area (TPSA) is 526 Å². The number of carboxylic acids is 3. The molecule has 0 unspecified atom stereocenters. The van der Waals surface area contributed by atoms with Gasteiger partial charge in [-0.15, -0.1) is 0 Å². The lowest BCUT2D eigenvalue weighted by molar-refractivity contribution is -0.144. The Morgan fingerprint density at radius 3 is 1.70 bits per heavy atom. The first-order valence-corrected chi connectivity index (χ1v) is 33.3. The Bertz CT molecular complexity index is 3810. The number of fused-ring (bicyclic) bond motifs is 2. The number of para-hydroxylation sites is 1. The number of carboxylic acid groups (broad SMARTS) is 3. The molecule has 540 valence electrons. The Morgan fingerprint density at radius 1 is 0.564 bits per heavy atom. The molecule has 19 N–H and O–H groups in total. The van der Waals surface area contributed by atoms with Crippen LogP contribution in [-0.2, 0) is 92.8 Å². The maximum absolute atomic E-state index is 14.8. The minimum Gasteiger partial charge on any atom is -0.508 e. The van der Waals surface area contributed by atoms with Crippen LogP contribution in [0.3, 0.4) is 0 Å². The quantitative estimate of drug-likeness (QED) is 0.0437. The monoisotopic (exact) mass is 1420 g/mol. The summed E-state index contributed by atoms with van der Waals surface area (Å²) in [7, 11) is 0. The number of hydrogen-bond acceptors (Lipinski definition) is 19. The molecule has 1 aromatic heterocycles. The molecule has 0 radical (unpaired) electrons. The van der Waals surface area contributed by atoms with Crippen molar-refractivity contribution in [2.45, 2.75) is 144 Å². The van der Waals surface area contributed by atoms with E-state index in [-0.39, 0.29) is 61.5 Å². The van der Waals surface area contributed by atoms with Gasteiger partial charge in [-0.25, -0.2) is 4.79 Å². The van der Waals surface area contributed by atoms with Crippen LogP contribution in [-0.4, -0.2) is 221 Å². The van der Waals surface area contributed by atoms with Crippen LogP contribution in [0.25, 0.3) is 10.9 Å². The number of aromatic nitrogens is 1. The maximum atomic E-state index is 14.8. The number of carbonyl (C=O) groups excluding carboxylic acids is 11. The van der Waals surface area contributed by atoms with E-state index < -0.39 is 194 Å². The predicted molar refractivity (Wildman–Crippen MR) is 360 cm³/mol. The van der Waals surface area contributed by atoms with E-state index in [4.69, 9.17) is 5.73 Å². The van der Waals surface area contributed by atoms with Gasteiger partial charge in [0, 0.05) is 60.8 Å². The number of carbonyl (C=O) groups is 14. The van der Waals surface area contributed by atoms with Gasteiger partial charge in [0.25, 0.3) is 0 Å². The van der Waals surface area contributed by atoms with Crippen molar-refractivity contribution in [3.8, 4) is 5.75 Å². The predicted octanol–water partition coefficient (Wildman–Crippen LogP) is -3.17. The number of primary amides is 1. The summed E-state index contributed by atoms with van der Waals surface area (Å²) in [5, 5.41) is 87.8. The second-order valence-corrected chi connectivity index (χ2v) is 25.3. The highest BCUT2D eigenvalue weighted by Crippen LogP contribution is 2.23. The Hall–Kier alpha value is -11.0. The van der Waals surface area contributed by atoms with Crippen molar-refractivity contribution in [1.82, 2.24) is 63.1 Å². The fourth-order valence-corrected chi connectivity index (χ4v) is 12.3. The van der Waals surface area contributed by atoms with E-state index in [1.54, 1.807) is 91.1 Å². The largest absolute Gasteiger partial charge is 0.508 e. The molecule has 0 saturated carbocycles. The molecule has 34 heteroatoms. The molecule has 12 atom stereocenters. The minimum atomic E-state index is -2.15. The average Bonchev–Trinajstić information content (AvgIpc) is 1.61. The van der Waals surface area contributed by atoms with Crippen LogP contribution in [0.2, 0.25) is 0 Å². The number of aliphatic hydroxyl groups is 2. The number of hydrogen-bond donors (Lipinski definition) is 18. The van der Waals surface area contributed by atoms with Gasteiger partial charge in [-0.3, -0.25) is 67.6 Å². The minimum absolute atomic E-state index is 0.0212. The molecule has 3 heterocycles. The number of thioether (sulfide) groups is 1. The smallest absolute Gasteiger partial charge is 0.327 e. The zero-order valence-electron chi connectivity index (χ0n) is 54.6. The van der Waals surface area contributed by atoms with Gasteiger partial charge in [0.1, 0.15) is 66.4 Å². The SMILES string of the molecule is C[C@@H](O)[C@@H]1NC(=O)[C@H](CC(N)=O)NC(=O)[C@H](CC(=O)O)NC(=O)[C@H](Cc2ccc(O)cc2)NC(=O)CNC(=O)[C@H](CCC(=O)O)NC(=O)[C@H](Cc2ccccc2)NC(=O)[C@H](Cc2c[nH]c3ccccc23)N[C@H](O)CSC[C@@H](C(=O)O)NC(=O)[C@@H]2CCCN2C(=O)[C@H](Cc2ccccc2)NC1=O. The molecular formula is C67H81N13O20S. The number of nitrogens with two attached hydrogens (primary N) is 1. The molecule has 2 fully saturated rings. The number of amides is 11. The van der Waals surface area contributed by atoms with Crippen molar-refractivity contribution < 1.29 is 97.8 Å². The third kappa shape index (κ3) is 23.6. The lowest BCUT2D eigenvalue weighted by Crippen LogP contribution is -2.62. The molecule has 2 aliphatic heterocycles. The molecule has 7 rings (SSSR count). The molecule has 101 heavy (non-hydrogen) atoms. The van der Waals surface area contributed by atoms with Crippen molar-refractivity contribution in [2.75, 3.05) is 24.6 Å². The molecule has 0 bridgehead atoms. The number of phenolic OH excluding ortho intramolecular Hbond substituents is 1. The van der Waals surface area contributed by atoms with Gasteiger partial charge in [0.05, 0.1) is 31.5 Å². The number of aliphatic hydroxyl groups excluding tert-OH is 2. The summed E-state index contributed by atoms with van der Waals surface area (Å²) in [4.78, 5) is 197. The second kappa shape index (κ2) is 37.3. The maximum Gasteiger partial charge on any atom is 0.327 e. The van der Waals surface area contributed by atoms with Gasteiger partial charge in [-0.1, -0.05) is 91.0 Å². The van der Waals surface area contributed by atoms with Crippen LogP contribution in [0.4, 0.5) is 0 Å². The van der Waals surface area contributed by atoms with E-state index in [9.17, 15) is 97.8 Å². The number of nitrogens with zero attached hydrogens (tertiary/aromatic N) is 1. The summed E-state index contributed by atoms with van der Waals surface area (Å²) in [5.41, 5.74) is 7.97. The number of aromatic hydroxyl groups is 1. The number of phenols is 1. The Labute approximate surface area is 581 Å². The lowest BCUT2D eigenvalue weighted by Gasteiger charge is -2.31. The number of benzene rings is 4. The number of nitrogens with one attached hydrogen (secondary N) is 11. The van der Waals surface area contributed by atoms with Crippen molar-refractivity contribution in [3.05, 3.63) is 138 Å². The standard InChI is InChI=1S/C67H81N13O20S/c1-35(81)57-65(97)77-49(27-37-13-6-3-7-14-37)66(98)80-24-10-17-51(80)64(96)78-50(67(99)100)33-101-34-54(85)72-46(28-39-31-69-42-16-9-8-15-41(39)42)61(93)74-45(25-36-11-4-2-5-12-36)60(92)73-43(22-23-55(86)87)58(90)70-32-53(84)71-44(26-38-18-20-40(82)21-19-38)59(91)76-48(30-56(88)89)62(94)75-47(29-52(68)83)63(95)79-57/h2-9,11-16,18-21,31,35,43-51,54,57,69,72,81-82,85H,10,17,22-30,32-34H2,1H3,(H2,68,83)(H,70,90)(H,71,84)(H,73,92)(H,74,93)(H,75,94)(H,76,91)(H,77,97)(H,78,96)(H,79,95)(H,86,87)(H,88,89)(H,99,100)/t35-,43+,44+,45+,46+,47+,48+,49+,50+,51+,54-,57+/m1/s1. The molecule has 2 saturated heterocycles. The second-order valence-electron chi connectivity index (χ2n) is 24.2. The first-order chi connectivity index (χ1) is 48.1. The molecule has 0 spiro atoms. The van der Waals surface area contributed by atoms with Crippen molar-refractivity contribution in [2.24, 2.45) is 5.73 Å². The lowest BCUT2D eigenvalue weighted by atomic mass is 10.0. The normalized spacial score (nSPS) is 24.5. The van der Waals surface area contributed by atoms with Gasteiger partial charge >= 0.3 is 17.9 Å². The molecule has 33 nitrogen and oxygen atoms in total. The van der Waals surface area contributed by atoms with Crippen LogP contribution >= 0.6 is 11.8 Å². The Balaban J connectivity index is 1.24. The van der Waals surface area contributed by atoms with Gasteiger partial charge in [0.15, 0.2) is 0 Å². The molecular weight excluding hydrogens is 1340 g/mol. The van der Waals surface area contributed by atoms with Crippen molar-refractivity contribution >= 4 is 106 Å². The molecule has 0 aliphatic carbocycles. The highest BCUT2D eigenvalue weighted by molar-refractivity contribution is 7.99. The van der Waals surface area contributed by atoms with Crippen LogP contribution in [0.15, 0.2) is 115 Å². The van der Waals surface area contributed by atoms with E-state index in [1.807, 2.05) is 0 Å². The van der Waals surface area contributed by atoms with Gasteiger partial charge in [-0.05, 0) is 73.1 Å². The van der Waals surface area contributed by atoms with Crippen LogP contribution in [0.5, 0.6) is 5.75 Å². The zero-order chi connectivity index (χ0) is 73.4. The highest BCUT2D eigenvalue weighted by atomic mass is 32.2. The van der Waals surface area contributed by atoms with Gasteiger partial charge in [-0.2, -0.15) is 11.8 Å². The van der Waals surface area contributed by atoms with Gasteiger partial charge < -0.3 is 94.1 Å². The van der Waals surface area contributed by atoms with E-state index in [0.717, 1.165) is 23.6 Å². The fraction of sp³-hybridized carbons (Fsp3) is 0.403. The number of aromatic amines is 1. The van der Waals surface area contributed by atoms with E-state index >= 15 is 0 Å². The Kier molecular flexibility index (Phi) is 28.6. The fourth-order valence-electron chi connectivity index (χ4n) is 11.3. The number of rotatable bonds is 17. The zero-order valence-corrected chi connectivity index (χ0v) is 55.4. The van der Waals surface area contributed by atoms with Crippen LogP contribution in [0, 0.1) is 0 Å². The molecule has 5 aromatic rings. The van der Waals surface area contributed by atoms with E-state index in [0.29, 0.717) is 27.6 Å². The van der Waals surface area contributed by atoms with Crippen molar-refractivity contribution in [3.63, 3.8) is 0 Å². The summed E-state index contributed by atoms with van der Waals surface area (Å²) in [6.45, 7) is 0.00388. The highest BCUT2D eigenvalue weighted by Gasteiger charge is 2.42. The number of aliphatic carboxylic acids is 3. The first-order valence-electron chi connectivity index (χ1n) is 32.2. The number of H-pyrrole nitrogens is 1. The summed E-state index contributed by atoms with van der Waals surface area (Å²) < 4.78 is 0. The summed E-state index contributed by atoms with van der Waals surface area (Å²) in [5.74, 6) is -18.0. The van der Waals surface area contributed by atoms with Crippen molar-refractivity contribution in [1.29, 1.82) is 0 Å². The van der Waals surface area contributed by atoms with Crippen LogP contribution in [0.1, 0.15) is 67.7 Å². The first kappa shape index (κ1) is 77.4. The average molecular weight is 1420 g/mol. The van der Waals surface area contributed by atoms with E-state index in [1.165, 1.54) is 24.3 Å². The van der Waals surface area contributed by atoms with Gasteiger partial charge in [0.2, 0.25) is 65.0 Å². The molecule has 4 aromatic carbocycles. The molecule has 2 aliphatic rings. The Morgan fingerprint density at radius 2 is 1.10 bits per heavy atom. The molecule has 11 amide bonds. The third-order valence-corrected chi connectivity index (χ3v) is 17.6. The third-order valence-electron chi connectivity index (χ3n) is 16.5. The summed E-state index contributed by atoms with van der Waals surface area (Å²) >= 11 is 0.851.